The molecule has 1 N–H and O–H groups in total. The number of methoxy groups -OCH3 is 1. The van der Waals surface area contributed by atoms with E-state index in [1.54, 1.807) is 7.11 Å². The Labute approximate surface area is 307 Å². The minimum absolute atomic E-state index is 0.0237. The molecule has 2 aliphatic heterocycles. The molecular weight excluding hydrogens is 652 g/mol. The summed E-state index contributed by atoms with van der Waals surface area (Å²) in [6.07, 6.45) is 14.5. The van der Waals surface area contributed by atoms with Crippen LogP contribution in [0.15, 0.2) is 43.6 Å². The van der Waals surface area contributed by atoms with E-state index < -0.39 is 0 Å². The Balaban J connectivity index is 1.29. The molecule has 0 bridgehead atoms. The second-order valence-electron chi connectivity index (χ2n) is 15.1. The Morgan fingerprint density at radius 3 is 2.60 bits per heavy atom. The number of carbonyl (C=O) groups is 1. The van der Waals surface area contributed by atoms with Gasteiger partial charge in [0.15, 0.2) is 11.5 Å². The van der Waals surface area contributed by atoms with Crippen molar-refractivity contribution in [1.82, 2.24) is 25.1 Å². The van der Waals surface area contributed by atoms with Crippen molar-refractivity contribution in [3.8, 4) is 22.9 Å². The lowest BCUT2D eigenvalue weighted by Gasteiger charge is -2.47. The van der Waals surface area contributed by atoms with Gasteiger partial charge in [0, 0.05) is 62.6 Å². The van der Waals surface area contributed by atoms with Gasteiger partial charge in [0.05, 0.1) is 24.9 Å². The molecule has 1 unspecified atom stereocenters. The number of rotatable bonds is 13. The van der Waals surface area contributed by atoms with Crippen molar-refractivity contribution in [2.24, 2.45) is 11.3 Å². The quantitative estimate of drug-likeness (QED) is 0.139. The topological polar surface area (TPSA) is 106 Å². The number of H-pyrrole nitrogens is 1. The largest absolute Gasteiger partial charge is 0.491 e. The average molecular weight is 707 g/mol. The van der Waals surface area contributed by atoms with Crippen LogP contribution in [0.1, 0.15) is 75.8 Å². The van der Waals surface area contributed by atoms with E-state index in [0.717, 1.165) is 128 Å². The number of hydrogen-bond acceptors (Lipinski definition) is 9. The van der Waals surface area contributed by atoms with Crippen LogP contribution in [0.25, 0.3) is 39.0 Å². The van der Waals surface area contributed by atoms with Crippen LogP contribution in [0.2, 0.25) is 0 Å². The number of allylic oxidation sites excluding steroid dienone is 1. The summed E-state index contributed by atoms with van der Waals surface area (Å²) in [4.78, 5) is 27.5. The SMILES string of the molecule is C=CC(=O)CC1CCCC2(CCN(c3nc(OC4CCN(CCOC)CC4)nc4c(OCC)c(-c5c(C)ccc6[nH]ncc56)c(C=C)cc34)CC2)C1. The van der Waals surface area contributed by atoms with Gasteiger partial charge in [-0.25, -0.2) is 0 Å². The number of nitrogens with zero attached hydrogens (tertiary/aromatic N) is 5. The molecule has 0 radical (unpaired) electrons. The summed E-state index contributed by atoms with van der Waals surface area (Å²) >= 11 is 0. The number of aryl methyl sites for hydroxylation is 1. The number of benzene rings is 2. The van der Waals surface area contributed by atoms with Crippen LogP contribution < -0.4 is 14.4 Å². The van der Waals surface area contributed by atoms with E-state index >= 15 is 0 Å². The maximum absolute atomic E-state index is 12.3. The fourth-order valence-corrected chi connectivity index (χ4v) is 9.07. The molecule has 0 amide bonds. The lowest BCUT2D eigenvalue weighted by Crippen LogP contribution is -2.43. The molecule has 10 nitrogen and oxygen atoms in total. The van der Waals surface area contributed by atoms with Crippen molar-refractivity contribution in [3.63, 3.8) is 0 Å². The van der Waals surface area contributed by atoms with Crippen LogP contribution in [-0.4, -0.2) is 90.0 Å². The number of hydrogen-bond donors (Lipinski definition) is 1. The number of anilines is 1. The number of piperidine rings is 2. The number of aromatic nitrogens is 4. The van der Waals surface area contributed by atoms with Gasteiger partial charge in [-0.15, -0.1) is 0 Å². The minimum atomic E-state index is 0.0237. The van der Waals surface area contributed by atoms with Crippen LogP contribution >= 0.6 is 0 Å². The van der Waals surface area contributed by atoms with Gasteiger partial charge in [-0.3, -0.25) is 9.89 Å². The van der Waals surface area contributed by atoms with Crippen LogP contribution in [0, 0.1) is 18.3 Å². The molecule has 276 valence electrons. The molecule has 2 aromatic carbocycles. The highest BCUT2D eigenvalue weighted by Gasteiger charge is 2.40. The number of ether oxygens (including phenoxy) is 3. The Kier molecular flexibility index (Phi) is 10.9. The molecule has 1 spiro atoms. The first kappa shape index (κ1) is 36.1. The second-order valence-corrected chi connectivity index (χ2v) is 15.1. The fourth-order valence-electron chi connectivity index (χ4n) is 9.07. The van der Waals surface area contributed by atoms with Crippen molar-refractivity contribution < 1.29 is 19.0 Å². The normalized spacial score (nSPS) is 19.7. The Hall–Kier alpha value is -4.28. The molecule has 7 rings (SSSR count). The zero-order valence-corrected chi connectivity index (χ0v) is 31.2. The summed E-state index contributed by atoms with van der Waals surface area (Å²) in [5, 5.41) is 9.49. The maximum Gasteiger partial charge on any atom is 0.319 e. The monoisotopic (exact) mass is 706 g/mol. The smallest absolute Gasteiger partial charge is 0.319 e. The molecule has 3 fully saturated rings. The zero-order valence-electron chi connectivity index (χ0n) is 31.2. The second kappa shape index (κ2) is 15.8. The Bertz CT molecular complexity index is 1920. The Morgan fingerprint density at radius 2 is 1.87 bits per heavy atom. The highest BCUT2D eigenvalue weighted by Crippen LogP contribution is 2.50. The van der Waals surface area contributed by atoms with E-state index in [-0.39, 0.29) is 17.3 Å². The average Bonchev–Trinajstić information content (AvgIpc) is 3.64. The van der Waals surface area contributed by atoms with Crippen LogP contribution in [0.5, 0.6) is 11.8 Å². The minimum Gasteiger partial charge on any atom is -0.491 e. The van der Waals surface area contributed by atoms with Crippen LogP contribution in [-0.2, 0) is 9.53 Å². The first-order chi connectivity index (χ1) is 25.3. The van der Waals surface area contributed by atoms with E-state index in [0.29, 0.717) is 30.7 Å². The molecule has 3 aliphatic rings. The highest BCUT2D eigenvalue weighted by molar-refractivity contribution is 6.07. The third kappa shape index (κ3) is 7.33. The standard InChI is InChI=1S/C42H54N6O4/c1-6-30-25-33-38(39(51-8-3)37(30)36-28(4)11-12-35-34(36)27-43-46-35)44-41(52-32-13-18-47(19-14-32)22-23-50-5)45-40(33)48-20-16-42(17-21-48)15-9-10-29(26-42)24-31(49)7-2/h6-7,11-12,25,27,29,32H,1-2,8-10,13-24,26H2,3-5H3,(H,43,46). The molecule has 52 heavy (non-hydrogen) atoms. The van der Waals surface area contributed by atoms with Gasteiger partial charge in [0.1, 0.15) is 17.4 Å². The number of aromatic amines is 1. The summed E-state index contributed by atoms with van der Waals surface area (Å²) in [7, 11) is 1.75. The van der Waals surface area contributed by atoms with E-state index in [9.17, 15) is 4.79 Å². The predicted molar refractivity (Wildman–Crippen MR) is 208 cm³/mol. The molecule has 1 aliphatic carbocycles. The molecule has 4 aromatic rings. The van der Waals surface area contributed by atoms with Crippen LogP contribution in [0.4, 0.5) is 5.82 Å². The van der Waals surface area contributed by atoms with Gasteiger partial charge in [-0.2, -0.15) is 15.1 Å². The number of carbonyl (C=O) groups excluding carboxylic acids is 1. The van der Waals surface area contributed by atoms with E-state index in [4.69, 9.17) is 24.2 Å². The van der Waals surface area contributed by atoms with Gasteiger partial charge in [0.25, 0.3) is 0 Å². The number of nitrogens with one attached hydrogen (secondary N) is 1. The summed E-state index contributed by atoms with van der Waals surface area (Å²) in [6, 6.07) is 6.77. The summed E-state index contributed by atoms with van der Waals surface area (Å²) in [5.74, 6) is 2.21. The predicted octanol–water partition coefficient (Wildman–Crippen LogP) is 7.93. The van der Waals surface area contributed by atoms with Gasteiger partial charge >= 0.3 is 6.01 Å². The van der Waals surface area contributed by atoms with Gasteiger partial charge in [-0.05, 0) is 105 Å². The number of fused-ring (bicyclic) bond motifs is 2. The molecule has 1 saturated carbocycles. The summed E-state index contributed by atoms with van der Waals surface area (Å²) in [5.41, 5.74) is 6.06. The van der Waals surface area contributed by atoms with Crippen LogP contribution in [0.3, 0.4) is 0 Å². The molecular formula is C42H54N6O4. The third-order valence-electron chi connectivity index (χ3n) is 11.8. The zero-order chi connectivity index (χ0) is 36.2. The first-order valence-corrected chi connectivity index (χ1v) is 19.2. The molecule has 1 atom stereocenters. The lowest BCUT2D eigenvalue weighted by atomic mass is 9.64. The summed E-state index contributed by atoms with van der Waals surface area (Å²) < 4.78 is 18.6. The number of likely N-dealkylation sites (tertiary alicyclic amines) is 1. The van der Waals surface area contributed by atoms with E-state index in [1.807, 2.05) is 19.2 Å². The highest BCUT2D eigenvalue weighted by atomic mass is 16.5. The van der Waals surface area contributed by atoms with Gasteiger partial charge in [0.2, 0.25) is 0 Å². The van der Waals surface area contributed by atoms with Crippen molar-refractivity contribution in [2.45, 2.75) is 77.7 Å². The first-order valence-electron chi connectivity index (χ1n) is 19.2. The maximum atomic E-state index is 12.3. The van der Waals surface area contributed by atoms with Gasteiger partial charge in [-0.1, -0.05) is 31.7 Å². The Morgan fingerprint density at radius 1 is 1.06 bits per heavy atom. The third-order valence-corrected chi connectivity index (χ3v) is 11.8. The van der Waals surface area contributed by atoms with Crippen molar-refractivity contribution in [1.29, 1.82) is 0 Å². The van der Waals surface area contributed by atoms with E-state index in [1.165, 1.54) is 18.9 Å². The molecule has 10 heteroatoms. The van der Waals surface area contributed by atoms with Crippen molar-refractivity contribution in [3.05, 3.63) is 54.8 Å². The molecule has 4 heterocycles. The lowest BCUT2D eigenvalue weighted by molar-refractivity contribution is -0.116. The number of ketones is 1. The molecule has 2 saturated heterocycles. The fraction of sp³-hybridized carbons (Fsp3) is 0.524. The molecule has 2 aromatic heterocycles. The van der Waals surface area contributed by atoms with Crippen molar-refractivity contribution >= 4 is 39.5 Å². The van der Waals surface area contributed by atoms with Gasteiger partial charge < -0.3 is 24.0 Å². The van der Waals surface area contributed by atoms with Crippen molar-refractivity contribution in [2.75, 3.05) is 57.9 Å². The van der Waals surface area contributed by atoms with E-state index in [2.05, 4.69) is 58.3 Å². The summed E-state index contributed by atoms with van der Waals surface area (Å²) in [6.45, 7) is 17.9.